The number of para-hydroxylation sites is 2. The average Bonchev–Trinajstić information content (AvgIpc) is 3.09. The summed E-state index contributed by atoms with van der Waals surface area (Å²) in [5.41, 5.74) is 9.00. The van der Waals surface area contributed by atoms with E-state index >= 15 is 0 Å². The molecule has 154 valence electrons. The first kappa shape index (κ1) is 20.4. The van der Waals surface area contributed by atoms with Crippen molar-refractivity contribution < 1.29 is 0 Å². The van der Waals surface area contributed by atoms with Gasteiger partial charge in [0.15, 0.2) is 0 Å². The summed E-state index contributed by atoms with van der Waals surface area (Å²) in [4.78, 5) is 5.06. The van der Waals surface area contributed by atoms with Crippen LogP contribution in [0.1, 0.15) is 60.3 Å². The molecule has 1 unspecified atom stereocenters. The molecule has 2 nitrogen and oxygen atoms in total. The molecular weight excluding hydrogens is 364 g/mol. The number of nitrogens with zero attached hydrogens (tertiary/aromatic N) is 2. The second-order valence-electron chi connectivity index (χ2n) is 9.02. The summed E-state index contributed by atoms with van der Waals surface area (Å²) in [7, 11) is 0. The van der Waals surface area contributed by atoms with Crippen LogP contribution >= 0.6 is 0 Å². The maximum Gasteiger partial charge on any atom is 0.117 e. The SMILES string of the molecule is Cc1ccc(Cn2c(C(C)c3ccc(CC(C)C)cc3)nc3ccccc32)cc1C. The number of benzene rings is 3. The van der Waals surface area contributed by atoms with Crippen molar-refractivity contribution in [2.45, 2.75) is 53.5 Å². The second-order valence-corrected chi connectivity index (χ2v) is 9.02. The van der Waals surface area contributed by atoms with Gasteiger partial charge in [-0.05, 0) is 66.1 Å². The predicted octanol–water partition coefficient (Wildman–Crippen LogP) is 7.05. The third kappa shape index (κ3) is 4.18. The minimum absolute atomic E-state index is 0.233. The number of imidazole rings is 1. The Morgan fingerprint density at radius 1 is 0.800 bits per heavy atom. The fourth-order valence-corrected chi connectivity index (χ4v) is 4.24. The Morgan fingerprint density at radius 3 is 2.20 bits per heavy atom. The van der Waals surface area contributed by atoms with Crippen LogP contribution in [0, 0.1) is 19.8 Å². The van der Waals surface area contributed by atoms with E-state index in [1.54, 1.807) is 0 Å². The maximum atomic E-state index is 5.06. The normalized spacial score (nSPS) is 12.6. The fraction of sp³-hybridized carbons (Fsp3) is 0.321. The van der Waals surface area contributed by atoms with Gasteiger partial charge in [-0.2, -0.15) is 0 Å². The summed E-state index contributed by atoms with van der Waals surface area (Å²) in [6, 6.07) is 24.4. The molecule has 0 saturated carbocycles. The molecule has 0 spiro atoms. The van der Waals surface area contributed by atoms with Crippen molar-refractivity contribution in [1.29, 1.82) is 0 Å². The topological polar surface area (TPSA) is 17.8 Å². The molecule has 4 aromatic rings. The second kappa shape index (κ2) is 8.47. The fourth-order valence-electron chi connectivity index (χ4n) is 4.24. The molecule has 0 aliphatic rings. The van der Waals surface area contributed by atoms with Gasteiger partial charge >= 0.3 is 0 Å². The zero-order chi connectivity index (χ0) is 21.3. The Kier molecular flexibility index (Phi) is 5.76. The van der Waals surface area contributed by atoms with Crippen LogP contribution in [-0.4, -0.2) is 9.55 Å². The molecule has 0 aliphatic carbocycles. The molecule has 1 heterocycles. The summed E-state index contributed by atoms with van der Waals surface area (Å²) >= 11 is 0. The van der Waals surface area contributed by atoms with Crippen LogP contribution in [0.3, 0.4) is 0 Å². The summed E-state index contributed by atoms with van der Waals surface area (Å²) in [6.45, 7) is 12.0. The van der Waals surface area contributed by atoms with Gasteiger partial charge in [-0.3, -0.25) is 0 Å². The Labute approximate surface area is 180 Å². The quantitative estimate of drug-likeness (QED) is 0.341. The highest BCUT2D eigenvalue weighted by Crippen LogP contribution is 2.29. The van der Waals surface area contributed by atoms with Crippen LogP contribution in [0.25, 0.3) is 11.0 Å². The zero-order valence-electron chi connectivity index (χ0n) is 18.8. The first-order chi connectivity index (χ1) is 14.4. The Balaban J connectivity index is 1.72. The van der Waals surface area contributed by atoms with E-state index in [1.807, 2.05) is 0 Å². The molecule has 0 aliphatic heterocycles. The van der Waals surface area contributed by atoms with Crippen molar-refractivity contribution in [3.63, 3.8) is 0 Å². The summed E-state index contributed by atoms with van der Waals surface area (Å²) < 4.78 is 2.39. The Bertz CT molecular complexity index is 1150. The molecule has 0 saturated heterocycles. The number of aromatic nitrogens is 2. The van der Waals surface area contributed by atoms with Crippen LogP contribution in [0.2, 0.25) is 0 Å². The van der Waals surface area contributed by atoms with Gasteiger partial charge in [0.2, 0.25) is 0 Å². The van der Waals surface area contributed by atoms with Crippen molar-refractivity contribution in [2.75, 3.05) is 0 Å². The van der Waals surface area contributed by atoms with Gasteiger partial charge in [0.1, 0.15) is 5.82 Å². The van der Waals surface area contributed by atoms with Crippen LogP contribution in [0.5, 0.6) is 0 Å². The van der Waals surface area contributed by atoms with E-state index < -0.39 is 0 Å². The lowest BCUT2D eigenvalue weighted by molar-refractivity contribution is 0.646. The number of hydrogen-bond donors (Lipinski definition) is 0. The molecule has 2 heteroatoms. The lowest BCUT2D eigenvalue weighted by atomic mass is 9.96. The number of aryl methyl sites for hydroxylation is 2. The third-order valence-electron chi connectivity index (χ3n) is 6.11. The third-order valence-corrected chi connectivity index (χ3v) is 6.11. The maximum absolute atomic E-state index is 5.06. The molecule has 0 fully saturated rings. The van der Waals surface area contributed by atoms with Gasteiger partial charge in [0.25, 0.3) is 0 Å². The molecule has 0 amide bonds. The zero-order valence-corrected chi connectivity index (χ0v) is 18.8. The first-order valence-electron chi connectivity index (χ1n) is 11.0. The van der Waals surface area contributed by atoms with Crippen molar-refractivity contribution in [2.24, 2.45) is 5.92 Å². The highest BCUT2D eigenvalue weighted by molar-refractivity contribution is 5.76. The van der Waals surface area contributed by atoms with E-state index in [4.69, 9.17) is 4.98 Å². The Hall–Kier alpha value is -2.87. The number of hydrogen-bond acceptors (Lipinski definition) is 1. The molecule has 4 rings (SSSR count). The summed E-state index contributed by atoms with van der Waals surface area (Å²) in [5, 5.41) is 0. The molecular formula is C28H32N2. The Morgan fingerprint density at radius 2 is 1.50 bits per heavy atom. The molecule has 1 atom stereocenters. The van der Waals surface area contributed by atoms with Gasteiger partial charge in [-0.15, -0.1) is 0 Å². The van der Waals surface area contributed by atoms with Gasteiger partial charge in [0.05, 0.1) is 11.0 Å². The van der Waals surface area contributed by atoms with Crippen LogP contribution in [0.15, 0.2) is 66.7 Å². The number of fused-ring (bicyclic) bond motifs is 1. The van der Waals surface area contributed by atoms with E-state index in [-0.39, 0.29) is 5.92 Å². The van der Waals surface area contributed by atoms with Gasteiger partial charge < -0.3 is 4.57 Å². The predicted molar refractivity (Wildman–Crippen MR) is 127 cm³/mol. The molecule has 30 heavy (non-hydrogen) atoms. The minimum Gasteiger partial charge on any atom is -0.323 e. The van der Waals surface area contributed by atoms with E-state index in [2.05, 4.69) is 106 Å². The molecule has 3 aromatic carbocycles. The lowest BCUT2D eigenvalue weighted by Gasteiger charge is -2.17. The largest absolute Gasteiger partial charge is 0.323 e. The van der Waals surface area contributed by atoms with Gasteiger partial charge in [-0.25, -0.2) is 4.98 Å². The van der Waals surface area contributed by atoms with E-state index in [9.17, 15) is 0 Å². The van der Waals surface area contributed by atoms with Crippen LogP contribution in [-0.2, 0) is 13.0 Å². The van der Waals surface area contributed by atoms with Crippen molar-refractivity contribution in [3.8, 4) is 0 Å². The minimum atomic E-state index is 0.233. The van der Waals surface area contributed by atoms with Crippen LogP contribution < -0.4 is 0 Å². The standard InChI is InChI=1S/C28H32N2/c1-19(2)16-23-12-14-25(15-13-23)22(5)28-29-26-8-6-7-9-27(26)30(28)18-24-11-10-20(3)21(4)17-24/h6-15,17,19,22H,16,18H2,1-5H3. The van der Waals surface area contributed by atoms with E-state index in [0.29, 0.717) is 5.92 Å². The highest BCUT2D eigenvalue weighted by Gasteiger charge is 2.18. The molecule has 1 aromatic heterocycles. The molecule has 0 radical (unpaired) electrons. The van der Waals surface area contributed by atoms with Gasteiger partial charge in [-0.1, -0.05) is 75.4 Å². The van der Waals surface area contributed by atoms with E-state index in [0.717, 1.165) is 24.3 Å². The average molecular weight is 397 g/mol. The van der Waals surface area contributed by atoms with E-state index in [1.165, 1.54) is 33.3 Å². The van der Waals surface area contributed by atoms with Crippen molar-refractivity contribution >= 4 is 11.0 Å². The monoisotopic (exact) mass is 396 g/mol. The summed E-state index contributed by atoms with van der Waals surface area (Å²) in [6.07, 6.45) is 1.12. The molecule has 0 bridgehead atoms. The van der Waals surface area contributed by atoms with Crippen LogP contribution in [0.4, 0.5) is 0 Å². The smallest absolute Gasteiger partial charge is 0.117 e. The van der Waals surface area contributed by atoms with Gasteiger partial charge in [0, 0.05) is 12.5 Å². The molecule has 0 N–H and O–H groups in total. The first-order valence-corrected chi connectivity index (χ1v) is 11.0. The highest BCUT2D eigenvalue weighted by atomic mass is 15.1. The van der Waals surface area contributed by atoms with Crippen molar-refractivity contribution in [3.05, 3.63) is 100 Å². The van der Waals surface area contributed by atoms with Crippen molar-refractivity contribution in [1.82, 2.24) is 9.55 Å². The summed E-state index contributed by atoms with van der Waals surface area (Å²) in [5.74, 6) is 2.04. The number of rotatable bonds is 6. The lowest BCUT2D eigenvalue weighted by Crippen LogP contribution is -2.10.